The second kappa shape index (κ2) is 4.68. The van der Waals surface area contributed by atoms with Gasteiger partial charge in [0, 0.05) is 12.1 Å². The first-order chi connectivity index (χ1) is 9.47. The lowest BCUT2D eigenvalue weighted by Crippen LogP contribution is -2.07. The van der Waals surface area contributed by atoms with Crippen LogP contribution in [0.2, 0.25) is 0 Å². The number of hydrogen-bond donors (Lipinski definition) is 1. The van der Waals surface area contributed by atoms with Crippen molar-refractivity contribution in [2.45, 2.75) is 44.2 Å². The average Bonchev–Trinajstić information content (AvgIpc) is 2.76. The maximum absolute atomic E-state index is 12.7. The third-order valence-corrected chi connectivity index (χ3v) is 4.01. The monoisotopic (exact) mass is 283 g/mol. The van der Waals surface area contributed by atoms with Crippen LogP contribution in [0.1, 0.15) is 49.3 Å². The van der Waals surface area contributed by atoms with Gasteiger partial charge in [-0.05, 0) is 25.0 Å². The summed E-state index contributed by atoms with van der Waals surface area (Å²) in [6, 6.07) is 2.10. The molecule has 0 unspecified atom stereocenters. The van der Waals surface area contributed by atoms with Gasteiger partial charge in [-0.3, -0.25) is 4.40 Å². The molecule has 0 aromatic carbocycles. The van der Waals surface area contributed by atoms with Crippen LogP contribution in [0.4, 0.5) is 19.0 Å². The van der Waals surface area contributed by atoms with Crippen molar-refractivity contribution < 1.29 is 13.2 Å². The predicted octanol–water partition coefficient (Wildman–Crippen LogP) is 3.98. The Kier molecular flexibility index (Phi) is 3.11. The lowest BCUT2D eigenvalue weighted by Gasteiger charge is -2.20. The first kappa shape index (κ1) is 13.3. The Labute approximate surface area is 114 Å². The smallest absolute Gasteiger partial charge is 0.383 e. The highest BCUT2D eigenvalue weighted by molar-refractivity contribution is 5.55. The molecule has 20 heavy (non-hydrogen) atoms. The van der Waals surface area contributed by atoms with Crippen molar-refractivity contribution >= 4 is 11.5 Å². The molecule has 0 saturated heterocycles. The maximum atomic E-state index is 12.7. The number of fused-ring (bicyclic) bond motifs is 1. The average molecular weight is 283 g/mol. The van der Waals surface area contributed by atoms with Gasteiger partial charge in [-0.15, -0.1) is 0 Å². The predicted molar refractivity (Wildman–Crippen MR) is 70.4 cm³/mol. The van der Waals surface area contributed by atoms with Gasteiger partial charge in [0.2, 0.25) is 0 Å². The van der Waals surface area contributed by atoms with E-state index in [1.54, 1.807) is 4.40 Å². The van der Waals surface area contributed by atoms with Crippen molar-refractivity contribution in [1.29, 1.82) is 0 Å². The van der Waals surface area contributed by atoms with E-state index < -0.39 is 11.7 Å². The van der Waals surface area contributed by atoms with Crippen LogP contribution in [-0.4, -0.2) is 9.38 Å². The van der Waals surface area contributed by atoms with Crippen molar-refractivity contribution in [3.63, 3.8) is 0 Å². The topological polar surface area (TPSA) is 43.3 Å². The summed E-state index contributed by atoms with van der Waals surface area (Å²) in [4.78, 5) is 4.35. The largest absolute Gasteiger partial charge is 0.416 e. The molecule has 108 valence electrons. The molecule has 0 atom stereocenters. The van der Waals surface area contributed by atoms with Crippen LogP contribution in [0, 0.1) is 0 Å². The molecule has 1 aliphatic carbocycles. The highest BCUT2D eigenvalue weighted by atomic mass is 19.4. The van der Waals surface area contributed by atoms with E-state index in [0.29, 0.717) is 5.82 Å². The normalized spacial score (nSPS) is 17.8. The Morgan fingerprint density at radius 2 is 1.90 bits per heavy atom. The number of alkyl halides is 3. The molecule has 3 nitrogen and oxygen atoms in total. The summed E-state index contributed by atoms with van der Waals surface area (Å²) < 4.78 is 39.7. The number of hydrogen-bond acceptors (Lipinski definition) is 2. The molecule has 2 aromatic rings. The van der Waals surface area contributed by atoms with Gasteiger partial charge in [0.05, 0.1) is 11.3 Å². The summed E-state index contributed by atoms with van der Waals surface area (Å²) in [5, 5.41) is 0. The van der Waals surface area contributed by atoms with Crippen LogP contribution in [-0.2, 0) is 6.18 Å². The fourth-order valence-electron chi connectivity index (χ4n) is 2.93. The summed E-state index contributed by atoms with van der Waals surface area (Å²) in [7, 11) is 0. The molecule has 2 aromatic heterocycles. The summed E-state index contributed by atoms with van der Waals surface area (Å²) >= 11 is 0. The molecule has 6 heteroatoms. The fraction of sp³-hybridized carbons (Fsp3) is 0.500. The van der Waals surface area contributed by atoms with Gasteiger partial charge in [-0.25, -0.2) is 4.98 Å². The van der Waals surface area contributed by atoms with E-state index in [9.17, 15) is 13.2 Å². The van der Waals surface area contributed by atoms with Crippen molar-refractivity contribution in [2.24, 2.45) is 0 Å². The number of nitrogens with zero attached hydrogens (tertiary/aromatic N) is 2. The molecule has 1 fully saturated rings. The number of imidazole rings is 1. The van der Waals surface area contributed by atoms with Gasteiger partial charge < -0.3 is 5.73 Å². The standard InChI is InChI=1S/C14H16F3N3/c15-14(16,17)10-6-7-20-11(8-10)19-12(13(20)18)9-4-2-1-3-5-9/h6-9H,1-5,18H2. The molecule has 0 bridgehead atoms. The lowest BCUT2D eigenvalue weighted by atomic mass is 9.87. The lowest BCUT2D eigenvalue weighted by molar-refractivity contribution is -0.137. The van der Waals surface area contributed by atoms with E-state index in [-0.39, 0.29) is 11.6 Å². The first-order valence-corrected chi connectivity index (χ1v) is 6.81. The van der Waals surface area contributed by atoms with Crippen LogP contribution in [0.25, 0.3) is 5.65 Å². The SMILES string of the molecule is Nc1c(C2CCCCC2)nc2cc(C(F)(F)F)ccn12. The Hall–Kier alpha value is -1.72. The number of nitrogen functional groups attached to an aromatic ring is 1. The zero-order chi connectivity index (χ0) is 14.3. The Morgan fingerprint density at radius 1 is 1.20 bits per heavy atom. The minimum atomic E-state index is -4.35. The van der Waals surface area contributed by atoms with Gasteiger partial charge in [-0.2, -0.15) is 13.2 Å². The van der Waals surface area contributed by atoms with Gasteiger partial charge in [0.15, 0.2) is 0 Å². The van der Waals surface area contributed by atoms with Gasteiger partial charge in [0.25, 0.3) is 0 Å². The van der Waals surface area contributed by atoms with Crippen LogP contribution >= 0.6 is 0 Å². The zero-order valence-corrected chi connectivity index (χ0v) is 11.0. The van der Waals surface area contributed by atoms with Gasteiger partial charge in [0.1, 0.15) is 11.5 Å². The molecule has 1 saturated carbocycles. The minimum absolute atomic E-state index is 0.276. The summed E-state index contributed by atoms with van der Waals surface area (Å²) in [5.41, 5.74) is 6.39. The molecule has 2 N–H and O–H groups in total. The van der Waals surface area contributed by atoms with E-state index in [4.69, 9.17) is 5.73 Å². The number of nitrogens with two attached hydrogens (primary N) is 1. The molecule has 0 spiro atoms. The molecule has 2 heterocycles. The second-order valence-corrected chi connectivity index (χ2v) is 5.36. The number of rotatable bonds is 1. The quantitative estimate of drug-likeness (QED) is 0.860. The number of anilines is 1. The zero-order valence-electron chi connectivity index (χ0n) is 11.0. The summed E-state index contributed by atoms with van der Waals surface area (Å²) in [5.74, 6) is 0.749. The highest BCUT2D eigenvalue weighted by Gasteiger charge is 2.31. The summed E-state index contributed by atoms with van der Waals surface area (Å²) in [6.45, 7) is 0. The molecule has 0 amide bonds. The minimum Gasteiger partial charge on any atom is -0.383 e. The molecule has 3 rings (SSSR count). The van der Waals surface area contributed by atoms with Crippen molar-refractivity contribution in [3.05, 3.63) is 29.6 Å². The van der Waals surface area contributed by atoms with Crippen LogP contribution < -0.4 is 5.73 Å². The van der Waals surface area contributed by atoms with Gasteiger partial charge >= 0.3 is 6.18 Å². The van der Waals surface area contributed by atoms with Crippen molar-refractivity contribution in [1.82, 2.24) is 9.38 Å². The van der Waals surface area contributed by atoms with Crippen LogP contribution in [0.3, 0.4) is 0 Å². The maximum Gasteiger partial charge on any atom is 0.416 e. The number of halogens is 3. The first-order valence-electron chi connectivity index (χ1n) is 6.81. The fourth-order valence-corrected chi connectivity index (χ4v) is 2.93. The molecule has 1 aliphatic rings. The van der Waals surface area contributed by atoms with Crippen LogP contribution in [0.5, 0.6) is 0 Å². The second-order valence-electron chi connectivity index (χ2n) is 5.36. The van der Waals surface area contributed by atoms with Gasteiger partial charge in [-0.1, -0.05) is 19.3 Å². The van der Waals surface area contributed by atoms with E-state index in [1.165, 1.54) is 12.6 Å². The summed E-state index contributed by atoms with van der Waals surface area (Å²) in [6.07, 6.45) is 2.50. The number of aromatic nitrogens is 2. The Morgan fingerprint density at radius 3 is 2.55 bits per heavy atom. The molecular formula is C14H16F3N3. The Bertz CT molecular complexity index is 624. The van der Waals surface area contributed by atoms with E-state index in [1.807, 2.05) is 0 Å². The van der Waals surface area contributed by atoms with Crippen molar-refractivity contribution in [2.75, 3.05) is 5.73 Å². The van der Waals surface area contributed by atoms with E-state index in [2.05, 4.69) is 4.98 Å². The third kappa shape index (κ3) is 2.23. The number of pyridine rings is 1. The Balaban J connectivity index is 2.04. The van der Waals surface area contributed by atoms with Crippen molar-refractivity contribution in [3.8, 4) is 0 Å². The molecule has 0 radical (unpaired) electrons. The van der Waals surface area contributed by atoms with E-state index >= 15 is 0 Å². The third-order valence-electron chi connectivity index (χ3n) is 4.01. The highest BCUT2D eigenvalue weighted by Crippen LogP contribution is 2.36. The van der Waals surface area contributed by atoms with E-state index in [0.717, 1.165) is 43.5 Å². The molecular weight excluding hydrogens is 267 g/mol. The molecule has 0 aliphatic heterocycles. The van der Waals surface area contributed by atoms with Crippen LogP contribution in [0.15, 0.2) is 18.3 Å².